The molecule has 2 heterocycles. The number of nitrogens with zero attached hydrogens (tertiary/aromatic N) is 2. The smallest absolute Gasteiger partial charge is 0.0578 e. The maximum atomic E-state index is 4.56. The lowest BCUT2D eigenvalue weighted by molar-refractivity contribution is 0.115. The van der Waals surface area contributed by atoms with E-state index in [0.717, 1.165) is 6.54 Å². The summed E-state index contributed by atoms with van der Waals surface area (Å²) in [6.45, 7) is 6.69. The molecule has 0 spiro atoms. The Hall–Kier alpha value is -0.930. The zero-order chi connectivity index (χ0) is 13.0. The molecule has 1 fully saturated rings. The predicted molar refractivity (Wildman–Crippen MR) is 75.5 cm³/mol. The van der Waals surface area contributed by atoms with E-state index in [9.17, 15) is 0 Å². The van der Waals surface area contributed by atoms with E-state index >= 15 is 0 Å². The molecule has 0 aliphatic carbocycles. The summed E-state index contributed by atoms with van der Waals surface area (Å²) in [5.41, 5.74) is 1.22. The van der Waals surface area contributed by atoms with E-state index in [1.54, 1.807) is 0 Å². The molecule has 3 heteroatoms. The Morgan fingerprint density at radius 2 is 2.28 bits per heavy atom. The first-order valence-corrected chi connectivity index (χ1v) is 7.03. The first-order valence-electron chi connectivity index (χ1n) is 7.03. The van der Waals surface area contributed by atoms with Gasteiger partial charge in [-0.15, -0.1) is 0 Å². The van der Waals surface area contributed by atoms with Crippen LogP contribution in [0.3, 0.4) is 0 Å². The van der Waals surface area contributed by atoms with Crippen LogP contribution in [0.15, 0.2) is 24.4 Å². The average Bonchev–Trinajstić information content (AvgIpc) is 2.37. The van der Waals surface area contributed by atoms with Gasteiger partial charge in [0.25, 0.3) is 0 Å². The number of nitrogens with one attached hydrogen (secondary N) is 1. The van der Waals surface area contributed by atoms with Crippen LogP contribution in [-0.4, -0.2) is 36.1 Å². The standard InChI is InChI=1S/C15H25N3/c1-12(2)17-11-13-7-6-10-18(3)15(13)14-8-4-5-9-16-14/h4-5,8-9,12-13,15,17H,6-7,10-11H2,1-3H3. The lowest BCUT2D eigenvalue weighted by Gasteiger charge is -2.39. The molecule has 1 N–H and O–H groups in total. The number of rotatable bonds is 4. The molecule has 2 rings (SSSR count). The zero-order valence-corrected chi connectivity index (χ0v) is 11.8. The van der Waals surface area contributed by atoms with Gasteiger partial charge in [0.15, 0.2) is 0 Å². The fourth-order valence-electron chi connectivity index (χ4n) is 2.88. The molecule has 0 radical (unpaired) electrons. The summed E-state index contributed by atoms with van der Waals surface area (Å²) < 4.78 is 0. The fourth-order valence-corrected chi connectivity index (χ4v) is 2.88. The van der Waals surface area contributed by atoms with Crippen molar-refractivity contribution < 1.29 is 0 Å². The number of aromatic nitrogens is 1. The van der Waals surface area contributed by atoms with Crippen LogP contribution >= 0.6 is 0 Å². The molecule has 3 nitrogen and oxygen atoms in total. The Bertz CT molecular complexity index is 350. The van der Waals surface area contributed by atoms with Crippen LogP contribution in [0.1, 0.15) is 38.4 Å². The SMILES string of the molecule is CC(C)NCC1CCCN(C)C1c1ccccn1. The summed E-state index contributed by atoms with van der Waals surface area (Å²) >= 11 is 0. The molecule has 1 saturated heterocycles. The van der Waals surface area contributed by atoms with E-state index in [1.807, 2.05) is 12.3 Å². The molecule has 0 saturated carbocycles. The van der Waals surface area contributed by atoms with Crippen molar-refractivity contribution in [1.29, 1.82) is 0 Å². The fraction of sp³-hybridized carbons (Fsp3) is 0.667. The van der Waals surface area contributed by atoms with Crippen LogP contribution in [0.25, 0.3) is 0 Å². The zero-order valence-electron chi connectivity index (χ0n) is 11.8. The van der Waals surface area contributed by atoms with Gasteiger partial charge in [0, 0.05) is 18.8 Å². The van der Waals surface area contributed by atoms with E-state index in [4.69, 9.17) is 0 Å². The Kier molecular flexibility index (Phi) is 4.72. The van der Waals surface area contributed by atoms with Crippen molar-refractivity contribution in [2.24, 2.45) is 5.92 Å². The van der Waals surface area contributed by atoms with E-state index in [2.05, 4.69) is 48.2 Å². The highest BCUT2D eigenvalue weighted by molar-refractivity contribution is 5.11. The summed E-state index contributed by atoms with van der Waals surface area (Å²) in [6.07, 6.45) is 4.50. The molecule has 100 valence electrons. The van der Waals surface area contributed by atoms with Gasteiger partial charge in [-0.3, -0.25) is 9.88 Å². The van der Waals surface area contributed by atoms with Crippen molar-refractivity contribution in [3.8, 4) is 0 Å². The maximum Gasteiger partial charge on any atom is 0.0578 e. The second-order valence-corrected chi connectivity index (χ2v) is 5.65. The quantitative estimate of drug-likeness (QED) is 0.886. The summed E-state index contributed by atoms with van der Waals surface area (Å²) in [5.74, 6) is 0.668. The Morgan fingerprint density at radius 3 is 2.94 bits per heavy atom. The molecule has 1 aliphatic heterocycles. The number of hydrogen-bond acceptors (Lipinski definition) is 3. The van der Waals surface area contributed by atoms with Gasteiger partial charge < -0.3 is 5.32 Å². The number of pyridine rings is 1. The molecule has 0 amide bonds. The molecular formula is C15H25N3. The monoisotopic (exact) mass is 247 g/mol. The van der Waals surface area contributed by atoms with Gasteiger partial charge in [-0.2, -0.15) is 0 Å². The number of hydrogen-bond donors (Lipinski definition) is 1. The van der Waals surface area contributed by atoms with Crippen molar-refractivity contribution in [3.63, 3.8) is 0 Å². The minimum Gasteiger partial charge on any atom is -0.314 e. The minimum atomic E-state index is 0.464. The van der Waals surface area contributed by atoms with E-state index in [0.29, 0.717) is 18.0 Å². The summed E-state index contributed by atoms with van der Waals surface area (Å²) in [7, 11) is 2.22. The average molecular weight is 247 g/mol. The highest BCUT2D eigenvalue weighted by atomic mass is 15.2. The second-order valence-electron chi connectivity index (χ2n) is 5.65. The van der Waals surface area contributed by atoms with Crippen LogP contribution in [0.5, 0.6) is 0 Å². The highest BCUT2D eigenvalue weighted by Gasteiger charge is 2.31. The van der Waals surface area contributed by atoms with E-state index < -0.39 is 0 Å². The van der Waals surface area contributed by atoms with Crippen LogP contribution < -0.4 is 5.32 Å². The third kappa shape index (κ3) is 3.30. The van der Waals surface area contributed by atoms with Gasteiger partial charge in [-0.05, 0) is 44.5 Å². The largest absolute Gasteiger partial charge is 0.314 e. The molecular weight excluding hydrogens is 222 g/mol. The first kappa shape index (κ1) is 13.5. The highest BCUT2D eigenvalue weighted by Crippen LogP contribution is 2.33. The topological polar surface area (TPSA) is 28.2 Å². The molecule has 1 aromatic heterocycles. The van der Waals surface area contributed by atoms with Gasteiger partial charge in [-0.1, -0.05) is 19.9 Å². The minimum absolute atomic E-state index is 0.464. The molecule has 1 aromatic rings. The van der Waals surface area contributed by atoms with Crippen molar-refractivity contribution in [3.05, 3.63) is 30.1 Å². The van der Waals surface area contributed by atoms with Crippen LogP contribution in [0.4, 0.5) is 0 Å². The van der Waals surface area contributed by atoms with Crippen molar-refractivity contribution in [1.82, 2.24) is 15.2 Å². The number of piperidine rings is 1. The Labute approximate surface area is 111 Å². The second kappa shape index (κ2) is 6.30. The van der Waals surface area contributed by atoms with E-state index in [1.165, 1.54) is 25.1 Å². The van der Waals surface area contributed by atoms with Crippen molar-refractivity contribution in [2.75, 3.05) is 20.1 Å². The predicted octanol–water partition coefficient (Wildman–Crippen LogP) is 2.46. The molecule has 0 aromatic carbocycles. The lowest BCUT2D eigenvalue weighted by atomic mass is 9.87. The van der Waals surface area contributed by atoms with Gasteiger partial charge >= 0.3 is 0 Å². The van der Waals surface area contributed by atoms with Crippen molar-refractivity contribution >= 4 is 0 Å². The Balaban J connectivity index is 2.10. The summed E-state index contributed by atoms with van der Waals surface area (Å²) in [5, 5.41) is 3.58. The molecule has 2 atom stereocenters. The van der Waals surface area contributed by atoms with Crippen LogP contribution in [0, 0.1) is 5.92 Å². The Morgan fingerprint density at radius 1 is 1.44 bits per heavy atom. The molecule has 2 unspecified atom stereocenters. The van der Waals surface area contributed by atoms with Crippen LogP contribution in [0.2, 0.25) is 0 Å². The summed E-state index contributed by atoms with van der Waals surface area (Å²) in [4.78, 5) is 7.02. The molecule has 18 heavy (non-hydrogen) atoms. The first-order chi connectivity index (χ1) is 8.68. The van der Waals surface area contributed by atoms with E-state index in [-0.39, 0.29) is 0 Å². The molecule has 1 aliphatic rings. The van der Waals surface area contributed by atoms with Crippen LogP contribution in [-0.2, 0) is 0 Å². The third-order valence-corrected chi connectivity index (χ3v) is 3.79. The van der Waals surface area contributed by atoms with Gasteiger partial charge in [0.05, 0.1) is 11.7 Å². The molecule has 0 bridgehead atoms. The van der Waals surface area contributed by atoms with Gasteiger partial charge in [0.1, 0.15) is 0 Å². The number of likely N-dealkylation sites (tertiary alicyclic amines) is 1. The van der Waals surface area contributed by atoms with Crippen molar-refractivity contribution in [2.45, 2.75) is 38.8 Å². The lowest BCUT2D eigenvalue weighted by Crippen LogP contribution is -2.42. The maximum absolute atomic E-state index is 4.56. The third-order valence-electron chi connectivity index (χ3n) is 3.79. The normalized spacial score (nSPS) is 25.6. The van der Waals surface area contributed by atoms with Gasteiger partial charge in [0.2, 0.25) is 0 Å². The van der Waals surface area contributed by atoms with Gasteiger partial charge in [-0.25, -0.2) is 0 Å². The summed E-state index contributed by atoms with van der Waals surface area (Å²) in [6, 6.07) is 7.27.